The summed E-state index contributed by atoms with van der Waals surface area (Å²) in [4.78, 5) is 16.0. The number of aromatic nitrogens is 1. The van der Waals surface area contributed by atoms with Crippen molar-refractivity contribution < 1.29 is 14.3 Å². The first-order chi connectivity index (χ1) is 11.3. The lowest BCUT2D eigenvalue weighted by Gasteiger charge is -2.08. The highest BCUT2D eigenvalue weighted by molar-refractivity contribution is 5.79. The van der Waals surface area contributed by atoms with Gasteiger partial charge in [-0.2, -0.15) is 0 Å². The Morgan fingerprint density at radius 3 is 2.74 bits per heavy atom. The number of nitrogens with zero attached hydrogens (tertiary/aromatic N) is 1. The molecule has 1 aromatic heterocycles. The van der Waals surface area contributed by atoms with E-state index in [2.05, 4.69) is 4.98 Å². The second-order valence-electron chi connectivity index (χ2n) is 5.10. The van der Waals surface area contributed by atoms with Crippen LogP contribution >= 0.6 is 0 Å². The molecule has 0 spiro atoms. The van der Waals surface area contributed by atoms with Gasteiger partial charge in [-0.25, -0.2) is 0 Å². The van der Waals surface area contributed by atoms with Gasteiger partial charge in [0, 0.05) is 11.6 Å². The molecule has 0 unspecified atom stereocenters. The molecule has 0 amide bonds. The molecule has 0 bridgehead atoms. The first-order valence-corrected chi connectivity index (χ1v) is 7.48. The van der Waals surface area contributed by atoms with Crippen LogP contribution in [0.5, 0.6) is 5.75 Å². The molecular formula is C19H17NO3. The van der Waals surface area contributed by atoms with Crippen LogP contribution in [-0.2, 0) is 16.1 Å². The summed E-state index contributed by atoms with van der Waals surface area (Å²) in [5.74, 6) is 0.456. The van der Waals surface area contributed by atoms with Gasteiger partial charge in [0.15, 0.2) is 0 Å². The molecule has 4 heteroatoms. The molecule has 23 heavy (non-hydrogen) atoms. The van der Waals surface area contributed by atoms with Crippen molar-refractivity contribution in [2.24, 2.45) is 0 Å². The van der Waals surface area contributed by atoms with Crippen LogP contribution in [0.3, 0.4) is 0 Å². The Bertz CT molecular complexity index is 787. The second-order valence-corrected chi connectivity index (χ2v) is 5.10. The largest absolute Gasteiger partial charge is 0.493 e. The van der Waals surface area contributed by atoms with E-state index in [0.717, 1.165) is 22.2 Å². The van der Waals surface area contributed by atoms with E-state index in [-0.39, 0.29) is 12.4 Å². The van der Waals surface area contributed by atoms with Gasteiger partial charge < -0.3 is 9.47 Å². The van der Waals surface area contributed by atoms with Crippen LogP contribution in [0.15, 0.2) is 66.9 Å². The van der Waals surface area contributed by atoms with Gasteiger partial charge in [-0.1, -0.05) is 36.4 Å². The summed E-state index contributed by atoms with van der Waals surface area (Å²) < 4.78 is 10.8. The Morgan fingerprint density at radius 1 is 1.00 bits per heavy atom. The van der Waals surface area contributed by atoms with E-state index >= 15 is 0 Å². The van der Waals surface area contributed by atoms with Gasteiger partial charge in [-0.05, 0) is 29.8 Å². The van der Waals surface area contributed by atoms with Crippen molar-refractivity contribution in [2.75, 3.05) is 6.61 Å². The minimum Gasteiger partial charge on any atom is -0.493 e. The molecular weight excluding hydrogens is 290 g/mol. The van der Waals surface area contributed by atoms with Crippen LogP contribution < -0.4 is 4.74 Å². The van der Waals surface area contributed by atoms with Crippen LogP contribution in [-0.4, -0.2) is 17.6 Å². The van der Waals surface area contributed by atoms with Crippen LogP contribution in [0.25, 0.3) is 10.9 Å². The predicted molar refractivity (Wildman–Crippen MR) is 88.1 cm³/mol. The van der Waals surface area contributed by atoms with Crippen molar-refractivity contribution >= 4 is 16.9 Å². The van der Waals surface area contributed by atoms with Crippen molar-refractivity contribution in [1.82, 2.24) is 4.98 Å². The maximum atomic E-state index is 11.7. The minimum absolute atomic E-state index is 0.220. The van der Waals surface area contributed by atoms with Crippen molar-refractivity contribution in [3.63, 3.8) is 0 Å². The van der Waals surface area contributed by atoms with Gasteiger partial charge in [0.25, 0.3) is 0 Å². The van der Waals surface area contributed by atoms with E-state index in [4.69, 9.17) is 9.47 Å². The summed E-state index contributed by atoms with van der Waals surface area (Å²) in [6.45, 7) is 0.584. The Morgan fingerprint density at radius 2 is 1.87 bits per heavy atom. The number of rotatable bonds is 6. The number of carbonyl (C=O) groups is 1. The lowest BCUT2D eigenvalue weighted by molar-refractivity contribution is -0.145. The number of fused-ring (bicyclic) bond motifs is 1. The van der Waals surface area contributed by atoms with Gasteiger partial charge in [-0.15, -0.1) is 0 Å². The highest BCUT2D eigenvalue weighted by Crippen LogP contribution is 2.19. The van der Waals surface area contributed by atoms with Gasteiger partial charge in [0.2, 0.25) is 0 Å². The van der Waals surface area contributed by atoms with Gasteiger partial charge in [-0.3, -0.25) is 9.78 Å². The number of esters is 1. The SMILES string of the molecule is O=C(CCOc1ccc2ncccc2c1)OCc1ccccc1. The van der Waals surface area contributed by atoms with Crippen LogP contribution in [0.1, 0.15) is 12.0 Å². The fourth-order valence-corrected chi connectivity index (χ4v) is 2.21. The van der Waals surface area contributed by atoms with Crippen LogP contribution in [0.2, 0.25) is 0 Å². The zero-order chi connectivity index (χ0) is 15.9. The summed E-state index contributed by atoms with van der Waals surface area (Å²) in [6.07, 6.45) is 1.98. The van der Waals surface area contributed by atoms with E-state index in [9.17, 15) is 4.79 Å². The lowest BCUT2D eigenvalue weighted by atomic mass is 10.2. The maximum absolute atomic E-state index is 11.7. The summed E-state index contributed by atoms with van der Waals surface area (Å²) in [5, 5.41) is 1.01. The fraction of sp³-hybridized carbons (Fsp3) is 0.158. The summed E-state index contributed by atoms with van der Waals surface area (Å²) >= 11 is 0. The molecule has 0 aliphatic rings. The number of hydrogen-bond donors (Lipinski definition) is 0. The summed E-state index contributed by atoms with van der Waals surface area (Å²) in [5.41, 5.74) is 1.89. The van der Waals surface area contributed by atoms with E-state index in [1.165, 1.54) is 0 Å². The summed E-state index contributed by atoms with van der Waals surface area (Å²) in [7, 11) is 0. The average molecular weight is 307 g/mol. The van der Waals surface area contributed by atoms with Crippen molar-refractivity contribution in [1.29, 1.82) is 0 Å². The molecule has 0 fully saturated rings. The Labute approximate surface area is 134 Å². The van der Waals surface area contributed by atoms with Crippen molar-refractivity contribution in [3.05, 3.63) is 72.4 Å². The van der Waals surface area contributed by atoms with E-state index < -0.39 is 0 Å². The molecule has 3 rings (SSSR count). The second kappa shape index (κ2) is 7.40. The smallest absolute Gasteiger partial charge is 0.309 e. The first-order valence-electron chi connectivity index (χ1n) is 7.48. The monoisotopic (exact) mass is 307 g/mol. The maximum Gasteiger partial charge on any atom is 0.309 e. The first kappa shape index (κ1) is 15.0. The fourth-order valence-electron chi connectivity index (χ4n) is 2.21. The summed E-state index contributed by atoms with van der Waals surface area (Å²) in [6, 6.07) is 19.1. The molecule has 0 radical (unpaired) electrons. The van der Waals surface area contributed by atoms with Crippen molar-refractivity contribution in [3.8, 4) is 5.75 Å². The molecule has 0 N–H and O–H groups in total. The molecule has 116 valence electrons. The Balaban J connectivity index is 1.45. The van der Waals surface area contributed by atoms with Crippen LogP contribution in [0, 0.1) is 0 Å². The Kier molecular flexibility index (Phi) is 4.84. The third-order valence-corrected chi connectivity index (χ3v) is 3.39. The average Bonchev–Trinajstić information content (AvgIpc) is 2.61. The normalized spacial score (nSPS) is 10.4. The third kappa shape index (κ3) is 4.30. The van der Waals surface area contributed by atoms with E-state index in [0.29, 0.717) is 13.2 Å². The highest BCUT2D eigenvalue weighted by atomic mass is 16.5. The van der Waals surface area contributed by atoms with E-state index in [1.54, 1.807) is 6.20 Å². The number of hydrogen-bond acceptors (Lipinski definition) is 4. The number of benzene rings is 2. The lowest BCUT2D eigenvalue weighted by Crippen LogP contribution is -2.09. The topological polar surface area (TPSA) is 48.4 Å². The molecule has 0 saturated carbocycles. The van der Waals surface area contributed by atoms with Gasteiger partial charge in [0.05, 0.1) is 18.5 Å². The molecule has 1 heterocycles. The predicted octanol–water partition coefficient (Wildman–Crippen LogP) is 3.75. The molecule has 0 aliphatic heterocycles. The molecule has 3 aromatic rings. The molecule has 4 nitrogen and oxygen atoms in total. The zero-order valence-electron chi connectivity index (χ0n) is 12.6. The quantitative estimate of drug-likeness (QED) is 0.651. The molecule has 0 aliphatic carbocycles. The molecule has 0 atom stereocenters. The molecule has 2 aromatic carbocycles. The minimum atomic E-state index is -0.267. The van der Waals surface area contributed by atoms with Crippen molar-refractivity contribution in [2.45, 2.75) is 13.0 Å². The zero-order valence-corrected chi connectivity index (χ0v) is 12.6. The third-order valence-electron chi connectivity index (χ3n) is 3.39. The van der Waals surface area contributed by atoms with Gasteiger partial charge in [0.1, 0.15) is 12.4 Å². The van der Waals surface area contributed by atoms with E-state index in [1.807, 2.05) is 60.7 Å². The number of pyridine rings is 1. The standard InChI is InChI=1S/C19H17NO3/c21-19(23-14-15-5-2-1-3-6-15)10-12-22-17-8-9-18-16(13-17)7-4-11-20-18/h1-9,11,13H,10,12,14H2. The number of carbonyl (C=O) groups excluding carboxylic acids is 1. The Hall–Kier alpha value is -2.88. The molecule has 0 saturated heterocycles. The van der Waals surface area contributed by atoms with Crippen LogP contribution in [0.4, 0.5) is 0 Å². The van der Waals surface area contributed by atoms with Gasteiger partial charge >= 0.3 is 5.97 Å². The highest BCUT2D eigenvalue weighted by Gasteiger charge is 2.05. The number of ether oxygens (including phenoxy) is 2.